The fraction of sp³-hybridized carbons (Fsp3) is 0.278. The second kappa shape index (κ2) is 17.9. The molecular formula is C36H40N6O8. The van der Waals surface area contributed by atoms with Gasteiger partial charge in [-0.15, -0.1) is 0 Å². The molecule has 4 aromatic rings. The maximum atomic E-state index is 13.3. The molecule has 50 heavy (non-hydrogen) atoms. The van der Waals surface area contributed by atoms with Crippen molar-refractivity contribution in [2.75, 3.05) is 27.3 Å². The minimum atomic E-state index is -0.990. The van der Waals surface area contributed by atoms with Crippen LogP contribution in [0.4, 0.5) is 5.69 Å². The molecule has 0 saturated carbocycles. The number of rotatable bonds is 17. The lowest BCUT2D eigenvalue weighted by Crippen LogP contribution is -2.51. The van der Waals surface area contributed by atoms with E-state index in [1.54, 1.807) is 19.1 Å². The Labute approximate surface area is 289 Å². The molecule has 14 heteroatoms. The van der Waals surface area contributed by atoms with Gasteiger partial charge in [0.15, 0.2) is 11.5 Å². The predicted octanol–water partition coefficient (Wildman–Crippen LogP) is 3.50. The summed E-state index contributed by atoms with van der Waals surface area (Å²) in [5.74, 6) is -1.43. The Bertz CT molecular complexity index is 1830. The summed E-state index contributed by atoms with van der Waals surface area (Å²) in [4.78, 5) is 62.1. The highest BCUT2D eigenvalue weighted by Gasteiger charge is 2.25. The maximum absolute atomic E-state index is 13.3. The molecule has 0 aliphatic heterocycles. The van der Waals surface area contributed by atoms with E-state index in [1.807, 2.05) is 60.7 Å². The number of nitro groups is 1. The molecule has 0 aliphatic rings. The molecule has 0 spiro atoms. The number of benzene rings is 4. The third kappa shape index (κ3) is 10.2. The van der Waals surface area contributed by atoms with E-state index < -0.39 is 41.3 Å². The van der Waals surface area contributed by atoms with Crippen molar-refractivity contribution in [3.8, 4) is 11.5 Å². The number of amides is 4. The molecule has 262 valence electrons. The molecule has 0 fully saturated rings. The Morgan fingerprint density at radius 2 is 1.60 bits per heavy atom. The number of hydrogen-bond donors (Lipinski definition) is 5. The van der Waals surface area contributed by atoms with Crippen LogP contribution in [-0.4, -0.2) is 61.9 Å². The molecule has 4 rings (SSSR count). The number of hydrogen-bond acceptors (Lipinski definition) is 9. The number of carbonyl (C=O) groups is 4. The first-order valence-electron chi connectivity index (χ1n) is 15.9. The van der Waals surface area contributed by atoms with Crippen LogP contribution in [0.5, 0.6) is 11.5 Å². The van der Waals surface area contributed by atoms with Crippen molar-refractivity contribution in [1.82, 2.24) is 26.8 Å². The average molecular weight is 685 g/mol. The lowest BCUT2D eigenvalue weighted by atomic mass is 10.0. The van der Waals surface area contributed by atoms with Gasteiger partial charge in [0.1, 0.15) is 6.04 Å². The Morgan fingerprint density at radius 1 is 0.880 bits per heavy atom. The average Bonchev–Trinajstić information content (AvgIpc) is 3.13. The standard InChI is InChI=1S/C36H40N6O8/c1-23(28-20-31(49-3)32(21-30(28)42(47)48)50-17-9-14-33(43)37-2)40-41-34(44)22-38-36(46)29(18-24-10-5-4-6-11-24)39-35(45)27-16-15-25-12-7-8-13-26(25)19-27/h4-8,10-13,15-16,19-21,23,29,40H,9,14,17-18,22H2,1-3H3,(H,37,43)(H,38,46)(H,39,45)(H,41,44)/t23?,29-/m0/s1. The highest BCUT2D eigenvalue weighted by atomic mass is 16.6. The first-order chi connectivity index (χ1) is 24.1. The number of nitro benzene ring substituents is 1. The molecule has 0 aliphatic carbocycles. The van der Waals surface area contributed by atoms with Gasteiger partial charge in [-0.3, -0.25) is 34.7 Å². The molecule has 0 bridgehead atoms. The van der Waals surface area contributed by atoms with Crippen LogP contribution in [0.2, 0.25) is 0 Å². The van der Waals surface area contributed by atoms with E-state index in [-0.39, 0.29) is 48.1 Å². The molecule has 2 atom stereocenters. The summed E-state index contributed by atoms with van der Waals surface area (Å²) in [6.07, 6.45) is 0.804. The van der Waals surface area contributed by atoms with E-state index in [0.717, 1.165) is 16.3 Å². The normalized spacial score (nSPS) is 11.9. The van der Waals surface area contributed by atoms with Gasteiger partial charge in [-0.2, -0.15) is 0 Å². The number of carbonyl (C=O) groups excluding carboxylic acids is 4. The fourth-order valence-corrected chi connectivity index (χ4v) is 5.11. The third-order valence-electron chi connectivity index (χ3n) is 7.83. The smallest absolute Gasteiger partial charge is 0.278 e. The van der Waals surface area contributed by atoms with Crippen molar-refractivity contribution in [3.63, 3.8) is 0 Å². The van der Waals surface area contributed by atoms with E-state index >= 15 is 0 Å². The number of nitrogens with one attached hydrogen (secondary N) is 5. The summed E-state index contributed by atoms with van der Waals surface area (Å²) in [7, 11) is 2.92. The van der Waals surface area contributed by atoms with Gasteiger partial charge >= 0.3 is 0 Å². The fourth-order valence-electron chi connectivity index (χ4n) is 5.11. The summed E-state index contributed by atoms with van der Waals surface area (Å²) < 4.78 is 11.0. The Balaban J connectivity index is 1.37. The van der Waals surface area contributed by atoms with Crippen LogP contribution >= 0.6 is 0 Å². The van der Waals surface area contributed by atoms with E-state index in [0.29, 0.717) is 12.0 Å². The molecule has 0 saturated heterocycles. The molecule has 4 amide bonds. The molecule has 5 N–H and O–H groups in total. The van der Waals surface area contributed by atoms with Gasteiger partial charge in [0.2, 0.25) is 11.8 Å². The van der Waals surface area contributed by atoms with E-state index in [9.17, 15) is 29.3 Å². The molecular weight excluding hydrogens is 644 g/mol. The highest BCUT2D eigenvalue weighted by Crippen LogP contribution is 2.37. The first kappa shape index (κ1) is 36.8. The van der Waals surface area contributed by atoms with Crippen LogP contribution in [0.1, 0.15) is 47.3 Å². The Kier molecular flexibility index (Phi) is 13.2. The summed E-state index contributed by atoms with van der Waals surface area (Å²) in [6, 6.07) is 23.0. The van der Waals surface area contributed by atoms with Gasteiger partial charge in [-0.05, 0) is 47.9 Å². The zero-order valence-electron chi connectivity index (χ0n) is 28.0. The molecule has 0 radical (unpaired) electrons. The SMILES string of the molecule is CNC(=O)CCCOc1cc([N+](=O)[O-])c(C(C)NNC(=O)CNC(=O)[C@H](Cc2ccccc2)NC(=O)c2ccc3ccccc3c2)cc1OC. The van der Waals surface area contributed by atoms with Crippen molar-refractivity contribution < 1.29 is 33.6 Å². The van der Waals surface area contributed by atoms with Crippen LogP contribution in [0.25, 0.3) is 10.8 Å². The zero-order valence-corrected chi connectivity index (χ0v) is 28.0. The van der Waals surface area contributed by atoms with E-state index in [4.69, 9.17) is 9.47 Å². The summed E-state index contributed by atoms with van der Waals surface area (Å²) >= 11 is 0. The van der Waals surface area contributed by atoms with E-state index in [1.165, 1.54) is 26.3 Å². The number of nitrogens with zero attached hydrogens (tertiary/aromatic N) is 1. The van der Waals surface area contributed by atoms with Gasteiger partial charge in [0.25, 0.3) is 17.5 Å². The largest absolute Gasteiger partial charge is 0.493 e. The molecule has 0 heterocycles. The van der Waals surface area contributed by atoms with Crippen molar-refractivity contribution >= 4 is 40.1 Å². The molecule has 1 unspecified atom stereocenters. The van der Waals surface area contributed by atoms with Gasteiger partial charge in [-0.1, -0.05) is 60.7 Å². The van der Waals surface area contributed by atoms with Crippen LogP contribution < -0.4 is 36.3 Å². The number of ether oxygens (including phenoxy) is 2. The quantitative estimate of drug-likeness (QED) is 0.0630. The van der Waals surface area contributed by atoms with E-state index in [2.05, 4.69) is 26.8 Å². The van der Waals surface area contributed by atoms with Gasteiger partial charge < -0.3 is 25.4 Å². The van der Waals surface area contributed by atoms with Crippen LogP contribution in [0.15, 0.2) is 84.9 Å². The minimum Gasteiger partial charge on any atom is -0.493 e. The van der Waals surface area contributed by atoms with Crippen LogP contribution in [0.3, 0.4) is 0 Å². The van der Waals surface area contributed by atoms with Gasteiger partial charge in [0, 0.05) is 25.5 Å². The molecule has 4 aromatic carbocycles. The number of methoxy groups -OCH3 is 1. The first-order valence-corrected chi connectivity index (χ1v) is 15.9. The topological polar surface area (TPSA) is 190 Å². The lowest BCUT2D eigenvalue weighted by Gasteiger charge is -2.20. The maximum Gasteiger partial charge on any atom is 0.278 e. The molecule has 0 aromatic heterocycles. The van der Waals surface area contributed by atoms with Crippen molar-refractivity contribution in [2.45, 2.75) is 38.3 Å². The second-order valence-corrected chi connectivity index (χ2v) is 11.4. The minimum absolute atomic E-state index is 0.134. The van der Waals surface area contributed by atoms with Gasteiger partial charge in [-0.25, -0.2) is 5.43 Å². The Hall–Kier alpha value is -6.02. The van der Waals surface area contributed by atoms with Crippen LogP contribution in [0, 0.1) is 10.1 Å². The van der Waals surface area contributed by atoms with Crippen molar-refractivity contribution in [1.29, 1.82) is 0 Å². The highest BCUT2D eigenvalue weighted by molar-refractivity contribution is 6.01. The number of hydrazine groups is 1. The lowest BCUT2D eigenvalue weighted by molar-refractivity contribution is -0.385. The van der Waals surface area contributed by atoms with Gasteiger partial charge in [0.05, 0.1) is 42.9 Å². The monoisotopic (exact) mass is 684 g/mol. The third-order valence-corrected chi connectivity index (χ3v) is 7.83. The summed E-state index contributed by atoms with van der Waals surface area (Å²) in [5, 5.41) is 21.7. The summed E-state index contributed by atoms with van der Waals surface area (Å²) in [5.41, 5.74) is 6.31. The second-order valence-electron chi connectivity index (χ2n) is 11.4. The van der Waals surface area contributed by atoms with Crippen molar-refractivity contribution in [3.05, 3.63) is 112 Å². The Morgan fingerprint density at radius 3 is 2.30 bits per heavy atom. The van der Waals surface area contributed by atoms with Crippen molar-refractivity contribution in [2.24, 2.45) is 0 Å². The summed E-state index contributed by atoms with van der Waals surface area (Å²) in [6.45, 7) is 1.29. The zero-order chi connectivity index (χ0) is 36.0. The predicted molar refractivity (Wildman–Crippen MR) is 186 cm³/mol. The number of fused-ring (bicyclic) bond motifs is 1. The van der Waals surface area contributed by atoms with Crippen LogP contribution in [-0.2, 0) is 20.8 Å². The molecule has 14 nitrogen and oxygen atoms in total.